The van der Waals surface area contributed by atoms with Gasteiger partial charge in [0.2, 0.25) is 6.41 Å². The molecule has 256 valence electrons. The number of carbonyl (C=O) groups is 2. The van der Waals surface area contributed by atoms with E-state index in [1.807, 2.05) is 45.0 Å². The second-order valence-electron chi connectivity index (χ2n) is 13.4. The lowest BCUT2D eigenvalue weighted by Gasteiger charge is -2.37. The summed E-state index contributed by atoms with van der Waals surface area (Å²) in [5.74, 6) is -2.47. The number of nitrogens with one attached hydrogen (secondary N) is 3. The lowest BCUT2D eigenvalue weighted by molar-refractivity contribution is -0.185. The highest BCUT2D eigenvalue weighted by Crippen LogP contribution is 2.38. The molecule has 3 heterocycles. The van der Waals surface area contributed by atoms with Crippen LogP contribution in [0.4, 0.5) is 30.0 Å². The van der Waals surface area contributed by atoms with Crippen LogP contribution in [0.15, 0.2) is 48.7 Å². The lowest BCUT2D eigenvalue weighted by atomic mass is 10.0. The van der Waals surface area contributed by atoms with Gasteiger partial charge in [0.15, 0.2) is 5.69 Å². The van der Waals surface area contributed by atoms with Crippen LogP contribution in [0.2, 0.25) is 0 Å². The zero-order chi connectivity index (χ0) is 34.8. The van der Waals surface area contributed by atoms with Gasteiger partial charge in [-0.25, -0.2) is 18.6 Å². The van der Waals surface area contributed by atoms with E-state index in [2.05, 4.69) is 30.8 Å². The number of fused-ring (bicyclic) bond motifs is 1. The summed E-state index contributed by atoms with van der Waals surface area (Å²) in [6, 6.07) is 10.8. The molecule has 14 heteroatoms. The molecule has 1 saturated heterocycles. The number of benzene rings is 2. The molecule has 4 aromatic rings. The van der Waals surface area contributed by atoms with Crippen LogP contribution >= 0.6 is 11.3 Å². The molecule has 2 amide bonds. The van der Waals surface area contributed by atoms with Crippen molar-refractivity contribution in [1.29, 1.82) is 0 Å². The molecular formula is C34H40F2N6O5S. The van der Waals surface area contributed by atoms with Gasteiger partial charge >= 0.3 is 6.09 Å². The summed E-state index contributed by atoms with van der Waals surface area (Å²) >= 11 is 0.745. The van der Waals surface area contributed by atoms with Crippen LogP contribution in [-0.4, -0.2) is 63.8 Å². The van der Waals surface area contributed by atoms with Crippen LogP contribution in [0.5, 0.6) is 0 Å². The number of pyridine rings is 1. The molecular weight excluding hydrogens is 642 g/mol. The number of rotatable bonds is 8. The lowest BCUT2D eigenvalue weighted by Crippen LogP contribution is -2.51. The standard InChI is InChI=1S/C34H40F2N6O5S/c1-33(2,3)46-31(44)38-19-11-10-16-42(18-19)27-20-12-7-8-15-23(20)37-17-24(27)39-28(43)26-30(41-32(45)47-34(4,5)6)48-29(40-26)25-21(35)13-9-14-22(25)36/h7-9,12-15,17,19,31,38,44H,10-11,16,18H2,1-6H3,(H,39,43)(H,41,45)/t19-,31?/m0/s1. The van der Waals surface area contributed by atoms with E-state index >= 15 is 0 Å². The molecule has 0 radical (unpaired) electrons. The van der Waals surface area contributed by atoms with Crippen LogP contribution in [-0.2, 0) is 9.47 Å². The maximum atomic E-state index is 14.8. The Bertz CT molecular complexity index is 1780. The fourth-order valence-corrected chi connectivity index (χ4v) is 6.39. The number of hydrogen-bond acceptors (Lipinski definition) is 10. The molecule has 1 aliphatic rings. The zero-order valence-electron chi connectivity index (χ0n) is 27.7. The van der Waals surface area contributed by atoms with Gasteiger partial charge in [-0.3, -0.25) is 20.4 Å². The number of thiazole rings is 1. The Morgan fingerprint density at radius 3 is 2.42 bits per heavy atom. The summed E-state index contributed by atoms with van der Waals surface area (Å²) in [5.41, 5.74) is -0.321. The number of carbonyl (C=O) groups excluding carboxylic acids is 2. The first-order valence-corrected chi connectivity index (χ1v) is 16.4. The predicted octanol–water partition coefficient (Wildman–Crippen LogP) is 6.89. The Balaban J connectivity index is 1.50. The highest BCUT2D eigenvalue weighted by molar-refractivity contribution is 7.19. The van der Waals surface area contributed by atoms with E-state index in [1.165, 1.54) is 12.3 Å². The molecule has 4 N–H and O–H groups in total. The van der Waals surface area contributed by atoms with E-state index in [9.17, 15) is 23.5 Å². The van der Waals surface area contributed by atoms with Gasteiger partial charge in [-0.05, 0) is 72.6 Å². The summed E-state index contributed by atoms with van der Waals surface area (Å²) in [6.07, 6.45) is 1.09. The highest BCUT2D eigenvalue weighted by atomic mass is 32.1. The van der Waals surface area contributed by atoms with Crippen LogP contribution in [0.1, 0.15) is 64.9 Å². The summed E-state index contributed by atoms with van der Waals surface area (Å²) in [7, 11) is 0. The van der Waals surface area contributed by atoms with Gasteiger partial charge < -0.3 is 24.8 Å². The van der Waals surface area contributed by atoms with Crippen molar-refractivity contribution in [2.75, 3.05) is 28.6 Å². The molecule has 2 aromatic carbocycles. The van der Waals surface area contributed by atoms with Crippen molar-refractivity contribution in [2.24, 2.45) is 0 Å². The largest absolute Gasteiger partial charge is 0.444 e. The van der Waals surface area contributed by atoms with Crippen molar-refractivity contribution in [3.05, 3.63) is 66.0 Å². The molecule has 48 heavy (non-hydrogen) atoms. The first-order chi connectivity index (χ1) is 22.6. The first-order valence-electron chi connectivity index (χ1n) is 15.6. The Hall–Kier alpha value is -4.24. The fraction of sp³-hybridized carbons (Fsp3) is 0.412. The van der Waals surface area contributed by atoms with Gasteiger partial charge in [0.25, 0.3) is 5.91 Å². The summed E-state index contributed by atoms with van der Waals surface area (Å²) in [4.78, 5) is 37.7. The minimum atomic E-state index is -1.17. The third-order valence-corrected chi connectivity index (χ3v) is 8.20. The van der Waals surface area contributed by atoms with Crippen molar-refractivity contribution in [3.8, 4) is 10.6 Å². The SMILES string of the molecule is CC(C)(C)OC(=O)Nc1sc(-c2c(F)cccc2F)nc1C(=O)Nc1cnc2ccccc2c1N1CCC[C@H](NC(O)OC(C)(C)C)C1. The Labute approximate surface area is 281 Å². The molecule has 11 nitrogen and oxygen atoms in total. The van der Waals surface area contributed by atoms with Gasteiger partial charge in [0.1, 0.15) is 27.2 Å². The molecule has 1 aliphatic heterocycles. The average Bonchev–Trinajstić information content (AvgIpc) is 3.38. The maximum Gasteiger partial charge on any atom is 0.412 e. The number of halogens is 2. The van der Waals surface area contributed by atoms with E-state index in [0.29, 0.717) is 30.0 Å². The molecule has 2 atom stereocenters. The van der Waals surface area contributed by atoms with E-state index in [-0.39, 0.29) is 21.7 Å². The molecule has 5 rings (SSSR count). The monoisotopic (exact) mass is 682 g/mol. The number of anilines is 3. The molecule has 0 aliphatic carbocycles. The number of ether oxygens (including phenoxy) is 2. The summed E-state index contributed by atoms with van der Waals surface area (Å²) in [5, 5.41) is 19.7. The predicted molar refractivity (Wildman–Crippen MR) is 182 cm³/mol. The van der Waals surface area contributed by atoms with E-state index in [1.54, 1.807) is 20.8 Å². The van der Waals surface area contributed by atoms with Crippen LogP contribution in [0, 0.1) is 11.6 Å². The molecule has 1 unspecified atom stereocenters. The van der Waals surface area contributed by atoms with Crippen molar-refractivity contribution < 1.29 is 33.0 Å². The molecule has 1 fully saturated rings. The third-order valence-electron chi connectivity index (χ3n) is 7.21. The normalized spacial score (nSPS) is 16.1. The zero-order valence-corrected chi connectivity index (χ0v) is 28.5. The molecule has 2 aromatic heterocycles. The van der Waals surface area contributed by atoms with Crippen molar-refractivity contribution in [1.82, 2.24) is 15.3 Å². The topological polar surface area (TPSA) is 138 Å². The Morgan fingerprint density at radius 1 is 1.02 bits per heavy atom. The van der Waals surface area contributed by atoms with E-state index in [4.69, 9.17) is 9.47 Å². The Kier molecular flexibility index (Phi) is 10.3. The number of nitrogens with zero attached hydrogens (tertiary/aromatic N) is 3. The number of aliphatic hydroxyl groups excluding tert-OH is 1. The minimum Gasteiger partial charge on any atom is -0.444 e. The first kappa shape index (κ1) is 35.1. The van der Waals surface area contributed by atoms with Crippen molar-refractivity contribution in [3.63, 3.8) is 0 Å². The van der Waals surface area contributed by atoms with Crippen molar-refractivity contribution in [2.45, 2.75) is 78.0 Å². The second-order valence-corrected chi connectivity index (χ2v) is 14.4. The second kappa shape index (κ2) is 14.1. The quantitative estimate of drug-likeness (QED) is 0.147. The van der Waals surface area contributed by atoms with Gasteiger partial charge in [-0.1, -0.05) is 35.6 Å². The smallest absolute Gasteiger partial charge is 0.412 e. The van der Waals surface area contributed by atoms with Gasteiger partial charge in [0.05, 0.1) is 34.3 Å². The Morgan fingerprint density at radius 2 is 1.73 bits per heavy atom. The summed E-state index contributed by atoms with van der Waals surface area (Å²) < 4.78 is 40.6. The number of para-hydroxylation sites is 1. The number of amides is 2. The van der Waals surface area contributed by atoms with Gasteiger partial charge in [0, 0.05) is 24.5 Å². The van der Waals surface area contributed by atoms with Crippen LogP contribution < -0.4 is 20.9 Å². The van der Waals surface area contributed by atoms with E-state index < -0.39 is 46.8 Å². The molecule has 0 spiro atoms. The number of aromatic nitrogens is 2. The average molecular weight is 683 g/mol. The van der Waals surface area contributed by atoms with Gasteiger partial charge in [-0.15, -0.1) is 0 Å². The fourth-order valence-electron chi connectivity index (χ4n) is 5.39. The molecule has 0 bridgehead atoms. The van der Waals surface area contributed by atoms with Crippen LogP contribution in [0.25, 0.3) is 21.5 Å². The minimum absolute atomic E-state index is 0.0511. The third kappa shape index (κ3) is 8.61. The summed E-state index contributed by atoms with van der Waals surface area (Å²) in [6.45, 7) is 11.8. The van der Waals surface area contributed by atoms with Gasteiger partial charge in [-0.2, -0.15) is 0 Å². The van der Waals surface area contributed by atoms with Crippen molar-refractivity contribution >= 4 is 50.6 Å². The number of aliphatic hydroxyl groups is 1. The van der Waals surface area contributed by atoms with Crippen LogP contribution in [0.3, 0.4) is 0 Å². The van der Waals surface area contributed by atoms with E-state index in [0.717, 1.165) is 41.7 Å². The molecule has 0 saturated carbocycles. The number of piperidine rings is 1. The number of hydrogen-bond donors (Lipinski definition) is 4. The maximum absolute atomic E-state index is 14.8. The highest BCUT2D eigenvalue weighted by Gasteiger charge is 2.30.